The SMILES string of the molecule is COC(=O)C(C)(CC(C)(C)C(C)(C)C(C)(CC(C)(C)C)C(=O)O)C(C)(C)C. The Labute approximate surface area is 167 Å². The maximum Gasteiger partial charge on any atom is 0.312 e. The molecular weight excluding hydrogens is 340 g/mol. The molecule has 0 aromatic heterocycles. The Kier molecular flexibility index (Phi) is 7.11. The van der Waals surface area contributed by atoms with E-state index >= 15 is 0 Å². The average molecular weight is 385 g/mol. The molecule has 0 amide bonds. The molecule has 0 aliphatic heterocycles. The average Bonchev–Trinajstić information content (AvgIpc) is 2.41. The number of hydrogen-bond acceptors (Lipinski definition) is 3. The lowest BCUT2D eigenvalue weighted by atomic mass is 9.47. The Balaban J connectivity index is 6.36. The van der Waals surface area contributed by atoms with Gasteiger partial charge >= 0.3 is 11.9 Å². The Morgan fingerprint density at radius 3 is 1.41 bits per heavy atom. The Bertz CT molecular complexity index is 560. The van der Waals surface area contributed by atoms with Crippen molar-refractivity contribution in [3.05, 3.63) is 0 Å². The van der Waals surface area contributed by atoms with Gasteiger partial charge in [-0.2, -0.15) is 0 Å². The van der Waals surface area contributed by atoms with Crippen LogP contribution in [0.5, 0.6) is 0 Å². The van der Waals surface area contributed by atoms with Crippen LogP contribution in [0.4, 0.5) is 0 Å². The number of rotatable bonds is 7. The molecule has 2 atom stereocenters. The number of methoxy groups -OCH3 is 1. The maximum absolute atomic E-state index is 12.8. The van der Waals surface area contributed by atoms with E-state index in [9.17, 15) is 14.7 Å². The lowest BCUT2D eigenvalue weighted by molar-refractivity contribution is -0.176. The van der Waals surface area contributed by atoms with E-state index in [1.54, 1.807) is 0 Å². The summed E-state index contributed by atoms with van der Waals surface area (Å²) in [6, 6.07) is 0. The summed E-state index contributed by atoms with van der Waals surface area (Å²) in [5, 5.41) is 10.2. The van der Waals surface area contributed by atoms with Gasteiger partial charge in [0.1, 0.15) is 0 Å². The van der Waals surface area contributed by atoms with E-state index < -0.39 is 27.6 Å². The summed E-state index contributed by atoms with van der Waals surface area (Å²) in [4.78, 5) is 25.2. The molecule has 0 bridgehead atoms. The predicted molar refractivity (Wildman–Crippen MR) is 112 cm³/mol. The lowest BCUT2D eigenvalue weighted by Crippen LogP contribution is -2.55. The number of esters is 1. The normalized spacial score (nSPS) is 18.4. The molecule has 4 nitrogen and oxygen atoms in total. The van der Waals surface area contributed by atoms with Gasteiger partial charge in [0, 0.05) is 0 Å². The van der Waals surface area contributed by atoms with E-state index in [0.717, 1.165) is 0 Å². The third-order valence-electron chi connectivity index (χ3n) is 7.51. The molecule has 0 saturated heterocycles. The standard InChI is InChI=1S/C23H44O4/c1-18(2,3)14-22(11,16(24)25)21(9,10)20(7,8)15-23(12,17(26)27-13)19(4,5)6/h14-15H2,1-13H3,(H,24,25). The molecular formula is C23H44O4. The molecule has 2 unspecified atom stereocenters. The third kappa shape index (κ3) is 4.86. The Morgan fingerprint density at radius 1 is 0.741 bits per heavy atom. The minimum Gasteiger partial charge on any atom is -0.481 e. The van der Waals surface area contributed by atoms with Crippen molar-refractivity contribution in [1.82, 2.24) is 0 Å². The van der Waals surface area contributed by atoms with Gasteiger partial charge in [-0.1, -0.05) is 69.2 Å². The van der Waals surface area contributed by atoms with Crippen LogP contribution in [0, 0.1) is 32.5 Å². The summed E-state index contributed by atoms with van der Waals surface area (Å²) < 4.78 is 5.16. The third-order valence-corrected chi connectivity index (χ3v) is 7.51. The second kappa shape index (κ2) is 7.40. The van der Waals surface area contributed by atoms with Gasteiger partial charge in [0.05, 0.1) is 17.9 Å². The fraction of sp³-hybridized carbons (Fsp3) is 0.913. The van der Waals surface area contributed by atoms with Gasteiger partial charge in [-0.05, 0) is 48.3 Å². The van der Waals surface area contributed by atoms with E-state index in [2.05, 4.69) is 34.6 Å². The van der Waals surface area contributed by atoms with Crippen LogP contribution in [0.25, 0.3) is 0 Å². The zero-order chi connectivity index (χ0) is 22.3. The number of carboxylic acids is 1. The van der Waals surface area contributed by atoms with Crippen molar-refractivity contribution in [1.29, 1.82) is 0 Å². The molecule has 0 heterocycles. The van der Waals surface area contributed by atoms with Gasteiger partial charge in [-0.15, -0.1) is 0 Å². The fourth-order valence-electron chi connectivity index (χ4n) is 4.35. The van der Waals surface area contributed by atoms with Gasteiger partial charge in [-0.3, -0.25) is 9.59 Å². The van der Waals surface area contributed by atoms with Crippen molar-refractivity contribution in [3.63, 3.8) is 0 Å². The molecule has 0 spiro atoms. The van der Waals surface area contributed by atoms with Crippen molar-refractivity contribution in [3.8, 4) is 0 Å². The predicted octanol–water partition coefficient (Wildman–Crippen LogP) is 6.18. The zero-order valence-corrected chi connectivity index (χ0v) is 20.1. The second-order valence-corrected chi connectivity index (χ2v) is 12.1. The van der Waals surface area contributed by atoms with Gasteiger partial charge in [0.25, 0.3) is 0 Å². The van der Waals surface area contributed by atoms with Gasteiger partial charge in [-0.25, -0.2) is 0 Å². The molecule has 0 saturated carbocycles. The minimum atomic E-state index is -0.941. The van der Waals surface area contributed by atoms with Crippen LogP contribution in [0.1, 0.15) is 95.9 Å². The minimum absolute atomic E-state index is 0.129. The molecule has 0 aliphatic rings. The smallest absolute Gasteiger partial charge is 0.312 e. The first-order valence-electron chi connectivity index (χ1n) is 9.91. The van der Waals surface area contributed by atoms with Crippen molar-refractivity contribution in [2.75, 3.05) is 7.11 Å². The summed E-state index contributed by atoms with van der Waals surface area (Å²) in [7, 11) is 1.42. The van der Waals surface area contributed by atoms with E-state index in [1.807, 2.05) is 48.5 Å². The summed E-state index contributed by atoms with van der Waals surface area (Å²) >= 11 is 0. The number of carboxylic acid groups (broad SMARTS) is 1. The highest BCUT2D eigenvalue weighted by Crippen LogP contribution is 2.61. The van der Waals surface area contributed by atoms with Crippen molar-refractivity contribution in [2.45, 2.75) is 95.9 Å². The summed E-state index contributed by atoms with van der Waals surface area (Å²) in [5.74, 6) is -1.03. The van der Waals surface area contributed by atoms with Crippen molar-refractivity contribution < 1.29 is 19.4 Å². The number of aliphatic carboxylic acids is 1. The van der Waals surface area contributed by atoms with Crippen LogP contribution in [-0.2, 0) is 14.3 Å². The summed E-state index contributed by atoms with van der Waals surface area (Å²) in [6.07, 6.45) is 1.09. The number of ether oxygens (including phenoxy) is 1. The number of carbonyl (C=O) groups excluding carboxylic acids is 1. The number of hydrogen-bond donors (Lipinski definition) is 1. The highest BCUT2D eigenvalue weighted by atomic mass is 16.5. The maximum atomic E-state index is 12.8. The molecule has 27 heavy (non-hydrogen) atoms. The molecule has 0 radical (unpaired) electrons. The van der Waals surface area contributed by atoms with Crippen molar-refractivity contribution in [2.24, 2.45) is 32.5 Å². The van der Waals surface area contributed by atoms with E-state index in [4.69, 9.17) is 4.74 Å². The largest absolute Gasteiger partial charge is 0.481 e. The van der Waals surface area contributed by atoms with Crippen LogP contribution in [0.2, 0.25) is 0 Å². The monoisotopic (exact) mass is 384 g/mol. The van der Waals surface area contributed by atoms with Crippen LogP contribution in [-0.4, -0.2) is 24.2 Å². The van der Waals surface area contributed by atoms with E-state index in [-0.39, 0.29) is 16.8 Å². The first-order chi connectivity index (χ1) is 11.6. The molecule has 0 aromatic carbocycles. The van der Waals surface area contributed by atoms with Gasteiger partial charge in [0.2, 0.25) is 0 Å². The molecule has 0 aliphatic carbocycles. The Hall–Kier alpha value is -1.06. The van der Waals surface area contributed by atoms with E-state index in [1.165, 1.54) is 7.11 Å². The quantitative estimate of drug-likeness (QED) is 0.532. The highest BCUT2D eigenvalue weighted by molar-refractivity contribution is 5.78. The highest BCUT2D eigenvalue weighted by Gasteiger charge is 2.59. The van der Waals surface area contributed by atoms with Gasteiger partial charge in [0.15, 0.2) is 0 Å². The van der Waals surface area contributed by atoms with Crippen LogP contribution < -0.4 is 0 Å². The van der Waals surface area contributed by atoms with Crippen molar-refractivity contribution >= 4 is 11.9 Å². The van der Waals surface area contributed by atoms with Crippen LogP contribution in [0.15, 0.2) is 0 Å². The lowest BCUT2D eigenvalue weighted by Gasteiger charge is -2.56. The van der Waals surface area contributed by atoms with Gasteiger partial charge < -0.3 is 9.84 Å². The topological polar surface area (TPSA) is 63.6 Å². The first-order valence-corrected chi connectivity index (χ1v) is 9.91. The Morgan fingerprint density at radius 2 is 1.15 bits per heavy atom. The van der Waals surface area contributed by atoms with E-state index in [0.29, 0.717) is 12.8 Å². The second-order valence-electron chi connectivity index (χ2n) is 12.1. The number of carbonyl (C=O) groups is 2. The molecule has 0 fully saturated rings. The van der Waals surface area contributed by atoms with Crippen LogP contribution >= 0.6 is 0 Å². The fourth-order valence-corrected chi connectivity index (χ4v) is 4.35. The zero-order valence-electron chi connectivity index (χ0n) is 20.1. The summed E-state index contributed by atoms with van der Waals surface area (Å²) in [6.45, 7) is 24.4. The molecule has 0 rings (SSSR count). The molecule has 4 heteroatoms. The molecule has 0 aromatic rings. The molecule has 1 N–H and O–H groups in total. The summed E-state index contributed by atoms with van der Waals surface area (Å²) in [5.41, 5.74) is -3.12. The van der Waals surface area contributed by atoms with Crippen LogP contribution in [0.3, 0.4) is 0 Å². The molecule has 160 valence electrons. The first kappa shape index (κ1) is 25.9.